The molecule has 3 aliphatic rings. The van der Waals surface area contributed by atoms with E-state index in [1.165, 1.54) is 30.8 Å². The number of piperazine rings is 1. The third-order valence-corrected chi connectivity index (χ3v) is 6.72. The number of fused-ring (bicyclic) bond motifs is 2. The van der Waals surface area contributed by atoms with Crippen LogP contribution in [0.2, 0.25) is 0 Å². The Balaban J connectivity index is 1.37. The molecule has 4 atom stereocenters. The van der Waals surface area contributed by atoms with Crippen LogP contribution in [0, 0.1) is 17.8 Å². The van der Waals surface area contributed by atoms with Crippen molar-refractivity contribution >= 4 is 22.6 Å². The highest BCUT2D eigenvalue weighted by atomic mass is 32.1. The minimum absolute atomic E-state index is 0.0773. The summed E-state index contributed by atoms with van der Waals surface area (Å²) < 4.78 is 4.35. The lowest BCUT2D eigenvalue weighted by Crippen LogP contribution is -2.54. The van der Waals surface area contributed by atoms with Crippen LogP contribution in [0.3, 0.4) is 0 Å². The lowest BCUT2D eigenvalue weighted by Gasteiger charge is -2.38. The van der Waals surface area contributed by atoms with Gasteiger partial charge in [0.2, 0.25) is 11.0 Å². The second-order valence-corrected chi connectivity index (χ2v) is 7.83. The van der Waals surface area contributed by atoms with Crippen LogP contribution >= 0.6 is 11.5 Å². The van der Waals surface area contributed by atoms with Crippen LogP contribution < -0.4 is 10.6 Å². The SMILES string of the molecule is CCc1nsc(N2CCN(C(=O)C3C4CCC(C4)C3N)CC2)n1. The molecule has 126 valence electrons. The Labute approximate surface area is 141 Å². The molecule has 1 aromatic rings. The molecule has 4 rings (SSSR count). The van der Waals surface area contributed by atoms with Gasteiger partial charge in [0.15, 0.2) is 0 Å². The minimum atomic E-state index is 0.0773. The van der Waals surface area contributed by atoms with Gasteiger partial charge < -0.3 is 15.5 Å². The number of nitrogens with two attached hydrogens (primary N) is 1. The summed E-state index contributed by atoms with van der Waals surface area (Å²) >= 11 is 1.47. The van der Waals surface area contributed by atoms with Gasteiger partial charge in [0.1, 0.15) is 5.82 Å². The highest BCUT2D eigenvalue weighted by Gasteiger charge is 2.50. The van der Waals surface area contributed by atoms with Gasteiger partial charge in [0.25, 0.3) is 0 Å². The Kier molecular flexibility index (Phi) is 4.01. The molecule has 2 N–H and O–H groups in total. The summed E-state index contributed by atoms with van der Waals surface area (Å²) in [4.78, 5) is 21.7. The summed E-state index contributed by atoms with van der Waals surface area (Å²) in [5.41, 5.74) is 6.33. The number of rotatable bonds is 3. The van der Waals surface area contributed by atoms with E-state index in [1.54, 1.807) is 0 Å². The van der Waals surface area contributed by atoms with E-state index in [-0.39, 0.29) is 12.0 Å². The molecular weight excluding hydrogens is 310 g/mol. The fourth-order valence-corrected chi connectivity index (χ4v) is 5.35. The maximum Gasteiger partial charge on any atom is 0.227 e. The van der Waals surface area contributed by atoms with E-state index in [1.807, 2.05) is 4.90 Å². The van der Waals surface area contributed by atoms with Crippen molar-refractivity contribution in [3.05, 3.63) is 5.82 Å². The molecule has 3 fully saturated rings. The second kappa shape index (κ2) is 6.02. The van der Waals surface area contributed by atoms with Crippen molar-refractivity contribution in [1.82, 2.24) is 14.3 Å². The first-order valence-corrected chi connectivity index (χ1v) is 9.56. The highest BCUT2D eigenvalue weighted by Crippen LogP contribution is 2.48. The molecule has 2 bridgehead atoms. The van der Waals surface area contributed by atoms with Gasteiger partial charge >= 0.3 is 0 Å². The van der Waals surface area contributed by atoms with Gasteiger partial charge in [-0.05, 0) is 31.1 Å². The molecule has 0 spiro atoms. The molecular formula is C16H25N5OS. The van der Waals surface area contributed by atoms with Crippen molar-refractivity contribution in [3.8, 4) is 0 Å². The lowest BCUT2D eigenvalue weighted by atomic mass is 9.84. The molecule has 2 saturated carbocycles. The molecule has 1 saturated heterocycles. The number of aryl methyl sites for hydroxylation is 1. The molecule has 7 heteroatoms. The van der Waals surface area contributed by atoms with Crippen LogP contribution in [0.4, 0.5) is 5.13 Å². The standard InChI is InChI=1S/C16H25N5OS/c1-2-12-18-16(23-19-12)21-7-5-20(6-8-21)15(22)13-10-3-4-11(9-10)14(13)17/h10-11,13-14H,2-9,17H2,1H3. The monoisotopic (exact) mass is 335 g/mol. The first kappa shape index (κ1) is 15.3. The van der Waals surface area contributed by atoms with Crippen molar-refractivity contribution in [1.29, 1.82) is 0 Å². The number of hydrogen-bond acceptors (Lipinski definition) is 6. The highest BCUT2D eigenvalue weighted by molar-refractivity contribution is 7.09. The number of carbonyl (C=O) groups is 1. The Morgan fingerprint density at radius 3 is 2.61 bits per heavy atom. The van der Waals surface area contributed by atoms with E-state index in [0.29, 0.717) is 17.7 Å². The lowest BCUT2D eigenvalue weighted by molar-refractivity contribution is -0.138. The summed E-state index contributed by atoms with van der Waals surface area (Å²) in [6, 6.07) is 0.0922. The van der Waals surface area contributed by atoms with E-state index in [2.05, 4.69) is 21.2 Å². The van der Waals surface area contributed by atoms with E-state index < -0.39 is 0 Å². The van der Waals surface area contributed by atoms with Crippen molar-refractivity contribution in [2.45, 2.75) is 38.6 Å². The summed E-state index contributed by atoms with van der Waals surface area (Å²) in [5.74, 6) is 2.42. The predicted molar refractivity (Wildman–Crippen MR) is 90.4 cm³/mol. The molecule has 2 heterocycles. The van der Waals surface area contributed by atoms with Crippen molar-refractivity contribution in [2.75, 3.05) is 31.1 Å². The largest absolute Gasteiger partial charge is 0.343 e. The fraction of sp³-hybridized carbons (Fsp3) is 0.812. The topological polar surface area (TPSA) is 75.4 Å². The smallest absolute Gasteiger partial charge is 0.227 e. The number of carbonyl (C=O) groups excluding carboxylic acids is 1. The minimum Gasteiger partial charge on any atom is -0.343 e. The Morgan fingerprint density at radius 1 is 1.26 bits per heavy atom. The molecule has 23 heavy (non-hydrogen) atoms. The van der Waals surface area contributed by atoms with Crippen molar-refractivity contribution in [2.24, 2.45) is 23.5 Å². The van der Waals surface area contributed by atoms with Crippen molar-refractivity contribution < 1.29 is 4.79 Å². The molecule has 0 radical (unpaired) electrons. The van der Waals surface area contributed by atoms with Gasteiger partial charge in [0.05, 0.1) is 5.92 Å². The van der Waals surface area contributed by atoms with Gasteiger partial charge in [-0.2, -0.15) is 4.37 Å². The van der Waals surface area contributed by atoms with Gasteiger partial charge in [-0.1, -0.05) is 6.92 Å². The van der Waals surface area contributed by atoms with E-state index in [9.17, 15) is 4.79 Å². The first-order valence-electron chi connectivity index (χ1n) is 8.79. The number of anilines is 1. The summed E-state index contributed by atoms with van der Waals surface area (Å²) in [5, 5.41) is 0.991. The molecule has 1 amide bonds. The maximum atomic E-state index is 12.9. The average Bonchev–Trinajstić information content (AvgIpc) is 3.30. The quantitative estimate of drug-likeness (QED) is 0.896. The zero-order valence-electron chi connectivity index (χ0n) is 13.6. The third kappa shape index (κ3) is 2.63. The predicted octanol–water partition coefficient (Wildman–Crippen LogP) is 1.12. The van der Waals surface area contributed by atoms with Gasteiger partial charge in [-0.15, -0.1) is 0 Å². The summed E-state index contributed by atoms with van der Waals surface area (Å²) in [6.45, 7) is 5.32. The third-order valence-electron chi connectivity index (χ3n) is 5.90. The van der Waals surface area contributed by atoms with Crippen LogP contribution in [0.5, 0.6) is 0 Å². The van der Waals surface area contributed by atoms with Crippen LogP contribution in [0.25, 0.3) is 0 Å². The van der Waals surface area contributed by atoms with E-state index >= 15 is 0 Å². The van der Waals surface area contributed by atoms with E-state index in [4.69, 9.17) is 5.73 Å². The Hall–Kier alpha value is -1.21. The first-order chi connectivity index (χ1) is 11.2. The van der Waals surface area contributed by atoms with Gasteiger partial charge in [0, 0.05) is 50.2 Å². The van der Waals surface area contributed by atoms with Gasteiger partial charge in [-0.25, -0.2) is 4.98 Å². The summed E-state index contributed by atoms with van der Waals surface area (Å²) in [6.07, 6.45) is 4.46. The fourth-order valence-electron chi connectivity index (χ4n) is 4.55. The molecule has 1 aliphatic heterocycles. The maximum absolute atomic E-state index is 12.9. The van der Waals surface area contributed by atoms with Crippen LogP contribution in [-0.2, 0) is 11.2 Å². The van der Waals surface area contributed by atoms with Crippen LogP contribution in [0.1, 0.15) is 32.0 Å². The molecule has 1 aromatic heterocycles. The zero-order chi connectivity index (χ0) is 16.0. The van der Waals surface area contributed by atoms with Gasteiger partial charge in [-0.3, -0.25) is 4.79 Å². The number of nitrogens with zero attached hydrogens (tertiary/aromatic N) is 4. The van der Waals surface area contributed by atoms with Crippen LogP contribution in [-0.4, -0.2) is 52.4 Å². The normalized spacial score (nSPS) is 33.5. The number of amides is 1. The Morgan fingerprint density at radius 2 is 2.00 bits per heavy atom. The van der Waals surface area contributed by atoms with Crippen LogP contribution in [0.15, 0.2) is 0 Å². The second-order valence-electron chi connectivity index (χ2n) is 7.10. The Bertz CT molecular complexity index is 581. The average molecular weight is 335 g/mol. The molecule has 2 aliphatic carbocycles. The number of aromatic nitrogens is 2. The molecule has 0 aromatic carbocycles. The number of hydrogen-bond donors (Lipinski definition) is 1. The van der Waals surface area contributed by atoms with Crippen molar-refractivity contribution in [3.63, 3.8) is 0 Å². The van der Waals surface area contributed by atoms with E-state index in [0.717, 1.165) is 43.6 Å². The molecule has 6 nitrogen and oxygen atoms in total. The zero-order valence-corrected chi connectivity index (χ0v) is 14.5. The summed E-state index contributed by atoms with van der Waals surface area (Å²) in [7, 11) is 0. The molecule has 4 unspecified atom stereocenters.